The van der Waals surface area contributed by atoms with Crippen LogP contribution in [0.1, 0.15) is 6.92 Å². The molecule has 0 saturated carbocycles. The minimum atomic E-state index is -0.243. The molecule has 1 N–H and O–H groups in total. The van der Waals surface area contributed by atoms with Crippen molar-refractivity contribution in [3.8, 4) is 5.69 Å². The third-order valence-electron chi connectivity index (χ3n) is 2.50. The Kier molecular flexibility index (Phi) is 4.44. The predicted molar refractivity (Wildman–Crippen MR) is 75.8 cm³/mol. The van der Waals surface area contributed by atoms with E-state index >= 15 is 0 Å². The molecule has 0 fully saturated rings. The Morgan fingerprint density at radius 3 is 3.00 bits per heavy atom. The highest BCUT2D eigenvalue weighted by Gasteiger charge is 2.17. The van der Waals surface area contributed by atoms with Gasteiger partial charge in [0.15, 0.2) is 5.16 Å². The van der Waals surface area contributed by atoms with Gasteiger partial charge in [-0.1, -0.05) is 29.4 Å². The first-order chi connectivity index (χ1) is 9.11. The zero-order valence-corrected chi connectivity index (χ0v) is 12.1. The molecule has 0 saturated heterocycles. The number of aromatic nitrogens is 3. The van der Waals surface area contributed by atoms with Gasteiger partial charge in [0.25, 0.3) is 0 Å². The first-order valence-corrected chi connectivity index (χ1v) is 6.92. The number of benzene rings is 1. The number of carbonyl (C=O) groups is 1. The summed E-state index contributed by atoms with van der Waals surface area (Å²) in [7, 11) is 1.61. The van der Waals surface area contributed by atoms with E-state index in [4.69, 9.17) is 11.6 Å². The van der Waals surface area contributed by atoms with Crippen molar-refractivity contribution in [2.75, 3.05) is 7.05 Å². The summed E-state index contributed by atoms with van der Waals surface area (Å²) in [6, 6.07) is 7.38. The summed E-state index contributed by atoms with van der Waals surface area (Å²) in [6.07, 6.45) is 1.60. The lowest BCUT2D eigenvalue weighted by Crippen LogP contribution is -2.27. The lowest BCUT2D eigenvalue weighted by atomic mass is 10.3. The van der Waals surface area contributed by atoms with Gasteiger partial charge in [0.05, 0.1) is 10.9 Å². The molecule has 1 heterocycles. The fourth-order valence-corrected chi connectivity index (χ4v) is 2.61. The number of hydrogen-bond donors (Lipinski definition) is 1. The van der Waals surface area contributed by atoms with Crippen LogP contribution < -0.4 is 5.32 Å². The average Bonchev–Trinajstić information content (AvgIpc) is 2.85. The van der Waals surface area contributed by atoms with E-state index in [0.717, 1.165) is 5.69 Å². The van der Waals surface area contributed by atoms with Gasteiger partial charge in [-0.2, -0.15) is 0 Å². The van der Waals surface area contributed by atoms with Crippen LogP contribution in [0.15, 0.2) is 35.7 Å². The van der Waals surface area contributed by atoms with Gasteiger partial charge in [-0.3, -0.25) is 9.36 Å². The smallest absolute Gasteiger partial charge is 0.233 e. The molecule has 1 amide bonds. The number of thioether (sulfide) groups is 1. The first kappa shape index (κ1) is 13.9. The molecule has 7 heteroatoms. The van der Waals surface area contributed by atoms with Crippen LogP contribution in [0, 0.1) is 0 Å². The zero-order chi connectivity index (χ0) is 13.8. The molecule has 0 bridgehead atoms. The van der Waals surface area contributed by atoms with E-state index in [0.29, 0.717) is 10.2 Å². The van der Waals surface area contributed by atoms with Gasteiger partial charge >= 0.3 is 0 Å². The van der Waals surface area contributed by atoms with Gasteiger partial charge in [0, 0.05) is 12.1 Å². The molecule has 0 radical (unpaired) electrons. The van der Waals surface area contributed by atoms with Crippen molar-refractivity contribution >= 4 is 29.3 Å². The Bertz CT molecular complexity index is 587. The highest BCUT2D eigenvalue weighted by atomic mass is 35.5. The number of nitrogens with one attached hydrogen (secondary N) is 1. The first-order valence-electron chi connectivity index (χ1n) is 5.66. The second-order valence-electron chi connectivity index (χ2n) is 3.84. The van der Waals surface area contributed by atoms with E-state index in [-0.39, 0.29) is 11.2 Å². The van der Waals surface area contributed by atoms with Crippen molar-refractivity contribution in [1.82, 2.24) is 20.1 Å². The van der Waals surface area contributed by atoms with Crippen molar-refractivity contribution in [2.45, 2.75) is 17.3 Å². The molecule has 5 nitrogen and oxygen atoms in total. The molecule has 0 aliphatic carbocycles. The second-order valence-corrected chi connectivity index (χ2v) is 5.58. The maximum Gasteiger partial charge on any atom is 0.233 e. The molecule has 1 aromatic carbocycles. The van der Waals surface area contributed by atoms with Gasteiger partial charge in [-0.05, 0) is 25.1 Å². The maximum atomic E-state index is 11.5. The van der Waals surface area contributed by atoms with E-state index in [1.165, 1.54) is 11.8 Å². The summed E-state index contributed by atoms with van der Waals surface area (Å²) in [5, 5.41) is 11.6. The zero-order valence-electron chi connectivity index (χ0n) is 10.5. The predicted octanol–water partition coefficient (Wildman–Crippen LogP) is 2.15. The number of halogens is 1. The molecule has 100 valence electrons. The number of rotatable bonds is 4. The maximum absolute atomic E-state index is 11.5. The van der Waals surface area contributed by atoms with Gasteiger partial charge in [0.1, 0.15) is 6.33 Å². The number of amides is 1. The molecule has 0 aliphatic heterocycles. The van der Waals surface area contributed by atoms with Crippen molar-refractivity contribution < 1.29 is 4.79 Å². The molecule has 1 aromatic heterocycles. The third kappa shape index (κ3) is 3.27. The van der Waals surface area contributed by atoms with Crippen LogP contribution in [-0.4, -0.2) is 33.0 Å². The van der Waals surface area contributed by atoms with E-state index in [9.17, 15) is 4.79 Å². The third-order valence-corrected chi connectivity index (χ3v) is 3.79. The summed E-state index contributed by atoms with van der Waals surface area (Å²) < 4.78 is 1.80. The summed E-state index contributed by atoms with van der Waals surface area (Å²) in [5.41, 5.74) is 0.865. The quantitative estimate of drug-likeness (QED) is 0.878. The lowest BCUT2D eigenvalue weighted by molar-refractivity contribution is -0.119. The normalized spacial score (nSPS) is 12.2. The Morgan fingerprint density at radius 2 is 2.32 bits per heavy atom. The second kappa shape index (κ2) is 6.08. The minimum Gasteiger partial charge on any atom is -0.358 e. The molecule has 0 spiro atoms. The van der Waals surface area contributed by atoms with Crippen LogP contribution in [0.5, 0.6) is 0 Å². The SMILES string of the molecule is CNC(=O)C(C)Sc1nncn1-c1cccc(Cl)c1. The van der Waals surface area contributed by atoms with E-state index < -0.39 is 0 Å². The standard InChI is InChI=1S/C12H13ClN4OS/c1-8(11(18)14-2)19-12-16-15-7-17(12)10-5-3-4-9(13)6-10/h3-8H,1-2H3,(H,14,18). The minimum absolute atomic E-state index is 0.0503. The largest absolute Gasteiger partial charge is 0.358 e. The molecular formula is C12H13ClN4OS. The summed E-state index contributed by atoms with van der Waals surface area (Å²) in [5.74, 6) is -0.0503. The van der Waals surface area contributed by atoms with Gasteiger partial charge in [-0.25, -0.2) is 0 Å². The van der Waals surface area contributed by atoms with Crippen molar-refractivity contribution in [3.05, 3.63) is 35.6 Å². The summed E-state index contributed by atoms with van der Waals surface area (Å²) in [6.45, 7) is 1.82. The molecule has 2 rings (SSSR count). The number of nitrogens with zero attached hydrogens (tertiary/aromatic N) is 3. The topological polar surface area (TPSA) is 59.8 Å². The van der Waals surface area contributed by atoms with Crippen LogP contribution in [-0.2, 0) is 4.79 Å². The average molecular weight is 297 g/mol. The molecule has 1 unspecified atom stereocenters. The fraction of sp³-hybridized carbons (Fsp3) is 0.250. The molecule has 0 aliphatic rings. The molecule has 19 heavy (non-hydrogen) atoms. The Balaban J connectivity index is 2.25. The van der Waals surface area contributed by atoms with Crippen molar-refractivity contribution in [3.63, 3.8) is 0 Å². The van der Waals surface area contributed by atoms with Gasteiger partial charge in [-0.15, -0.1) is 10.2 Å². The Labute approximate surface area is 120 Å². The highest BCUT2D eigenvalue weighted by Crippen LogP contribution is 2.24. The van der Waals surface area contributed by atoms with Crippen LogP contribution in [0.2, 0.25) is 5.02 Å². The Morgan fingerprint density at radius 1 is 1.53 bits per heavy atom. The summed E-state index contributed by atoms with van der Waals surface area (Å²) >= 11 is 7.31. The lowest BCUT2D eigenvalue weighted by Gasteiger charge is -2.10. The monoisotopic (exact) mass is 296 g/mol. The molecular weight excluding hydrogens is 284 g/mol. The van der Waals surface area contributed by atoms with Gasteiger partial charge in [0.2, 0.25) is 5.91 Å². The van der Waals surface area contributed by atoms with E-state index in [1.54, 1.807) is 24.0 Å². The number of hydrogen-bond acceptors (Lipinski definition) is 4. The van der Waals surface area contributed by atoms with Crippen LogP contribution in [0.4, 0.5) is 0 Å². The summed E-state index contributed by atoms with van der Waals surface area (Å²) in [4.78, 5) is 11.5. The molecule has 1 atom stereocenters. The van der Waals surface area contributed by atoms with Gasteiger partial charge < -0.3 is 5.32 Å². The van der Waals surface area contributed by atoms with Crippen molar-refractivity contribution in [2.24, 2.45) is 0 Å². The number of carbonyl (C=O) groups excluding carboxylic acids is 1. The van der Waals surface area contributed by atoms with Crippen molar-refractivity contribution in [1.29, 1.82) is 0 Å². The van der Waals surface area contributed by atoms with E-state index in [2.05, 4.69) is 15.5 Å². The molecule has 2 aromatic rings. The van der Waals surface area contributed by atoms with E-state index in [1.807, 2.05) is 25.1 Å². The van der Waals surface area contributed by atoms with Crippen LogP contribution in [0.25, 0.3) is 5.69 Å². The fourth-order valence-electron chi connectivity index (χ4n) is 1.52. The van der Waals surface area contributed by atoms with Crippen LogP contribution in [0.3, 0.4) is 0 Å². The Hall–Kier alpha value is -1.53. The highest BCUT2D eigenvalue weighted by molar-refractivity contribution is 8.00. The van der Waals surface area contributed by atoms with Crippen LogP contribution >= 0.6 is 23.4 Å².